The number of urea groups is 1. The first kappa shape index (κ1) is 13.8. The van der Waals surface area contributed by atoms with E-state index in [4.69, 9.17) is 5.11 Å². The zero-order valence-electron chi connectivity index (χ0n) is 10.9. The van der Waals surface area contributed by atoms with Gasteiger partial charge in [-0.1, -0.05) is 6.92 Å². The molecule has 1 N–H and O–H groups in total. The third-order valence-electron chi connectivity index (χ3n) is 3.21. The van der Waals surface area contributed by atoms with Crippen LogP contribution in [0.15, 0.2) is 0 Å². The van der Waals surface area contributed by atoms with E-state index in [0.29, 0.717) is 25.0 Å². The van der Waals surface area contributed by atoms with Crippen LogP contribution in [0.1, 0.15) is 6.92 Å². The number of carbonyl (C=O) groups excluding carboxylic acids is 1. The number of amides is 2. The van der Waals surface area contributed by atoms with Gasteiger partial charge in [0.25, 0.3) is 0 Å². The number of nitrogens with zero attached hydrogens (tertiary/aromatic N) is 3. The van der Waals surface area contributed by atoms with Gasteiger partial charge in [-0.15, -0.1) is 0 Å². The molecule has 2 atom stereocenters. The van der Waals surface area contributed by atoms with Gasteiger partial charge < -0.3 is 19.8 Å². The molecule has 2 unspecified atom stereocenters. The average molecular weight is 243 g/mol. The highest BCUT2D eigenvalue weighted by molar-refractivity contribution is 5.80. The van der Waals surface area contributed by atoms with E-state index in [1.807, 2.05) is 14.1 Å². The van der Waals surface area contributed by atoms with Crippen molar-refractivity contribution in [1.29, 1.82) is 0 Å². The van der Waals surface area contributed by atoms with E-state index in [9.17, 15) is 9.59 Å². The van der Waals surface area contributed by atoms with Crippen molar-refractivity contribution in [2.24, 2.45) is 5.92 Å². The molecular formula is C11H21N3O3. The Balaban J connectivity index is 2.58. The molecule has 0 bridgehead atoms. The van der Waals surface area contributed by atoms with Crippen LogP contribution in [0.2, 0.25) is 0 Å². The molecule has 98 valence electrons. The summed E-state index contributed by atoms with van der Waals surface area (Å²) < 4.78 is 0. The minimum Gasteiger partial charge on any atom is -0.480 e. The number of carboxylic acid groups (broad SMARTS) is 1. The van der Waals surface area contributed by atoms with Gasteiger partial charge in [0.1, 0.15) is 6.54 Å². The van der Waals surface area contributed by atoms with Gasteiger partial charge >= 0.3 is 12.0 Å². The highest BCUT2D eigenvalue weighted by atomic mass is 16.4. The Kier molecular flexibility index (Phi) is 4.34. The van der Waals surface area contributed by atoms with E-state index in [0.717, 1.165) is 0 Å². The predicted molar refractivity (Wildman–Crippen MR) is 63.9 cm³/mol. The lowest BCUT2D eigenvalue weighted by Gasteiger charge is -2.24. The number of hydrogen-bond acceptors (Lipinski definition) is 3. The summed E-state index contributed by atoms with van der Waals surface area (Å²) in [4.78, 5) is 27.6. The summed E-state index contributed by atoms with van der Waals surface area (Å²) in [5.74, 6) is -0.579. The molecular weight excluding hydrogens is 222 g/mol. The second kappa shape index (κ2) is 5.35. The van der Waals surface area contributed by atoms with Crippen molar-refractivity contribution < 1.29 is 14.7 Å². The Morgan fingerprint density at radius 3 is 2.29 bits per heavy atom. The summed E-state index contributed by atoms with van der Waals surface area (Å²) in [6, 6.07) is 0.140. The molecule has 1 saturated heterocycles. The maximum absolute atomic E-state index is 12.0. The molecule has 0 spiro atoms. The molecule has 0 aromatic rings. The van der Waals surface area contributed by atoms with Crippen LogP contribution >= 0.6 is 0 Å². The highest BCUT2D eigenvalue weighted by Gasteiger charge is 2.34. The minimum absolute atomic E-state index is 0.205. The Hall–Kier alpha value is -1.30. The maximum atomic E-state index is 12.0. The SMILES string of the molecule is CC1CN(C(=O)N(C)CC(=O)O)CC1N(C)C. The molecule has 1 aliphatic rings. The fourth-order valence-electron chi connectivity index (χ4n) is 2.29. The van der Waals surface area contributed by atoms with Gasteiger partial charge in [-0.2, -0.15) is 0 Å². The number of hydrogen-bond donors (Lipinski definition) is 1. The predicted octanol–water partition coefficient (Wildman–Crippen LogP) is 0.00470. The lowest BCUT2D eigenvalue weighted by Crippen LogP contribution is -2.43. The molecule has 2 amide bonds. The van der Waals surface area contributed by atoms with Gasteiger partial charge in [0.05, 0.1) is 0 Å². The van der Waals surface area contributed by atoms with Gasteiger partial charge in [0.2, 0.25) is 0 Å². The Morgan fingerprint density at radius 2 is 1.88 bits per heavy atom. The van der Waals surface area contributed by atoms with Crippen LogP contribution in [0.4, 0.5) is 4.79 Å². The summed E-state index contributed by atoms with van der Waals surface area (Å²) in [5, 5.41) is 8.65. The Labute approximate surface area is 102 Å². The number of carbonyl (C=O) groups is 2. The lowest BCUT2D eigenvalue weighted by atomic mass is 10.1. The van der Waals surface area contributed by atoms with Gasteiger partial charge in [0.15, 0.2) is 0 Å². The van der Waals surface area contributed by atoms with Crippen LogP contribution in [0.25, 0.3) is 0 Å². The summed E-state index contributed by atoms with van der Waals surface area (Å²) in [7, 11) is 5.51. The molecule has 6 nitrogen and oxygen atoms in total. The molecule has 0 aromatic heterocycles. The van der Waals surface area contributed by atoms with E-state index >= 15 is 0 Å². The zero-order chi connectivity index (χ0) is 13.2. The topological polar surface area (TPSA) is 64.1 Å². The fourth-order valence-corrected chi connectivity index (χ4v) is 2.29. The van der Waals surface area contributed by atoms with Crippen molar-refractivity contribution in [2.45, 2.75) is 13.0 Å². The second-order valence-corrected chi connectivity index (χ2v) is 4.95. The van der Waals surface area contributed by atoms with Crippen LogP contribution in [0.3, 0.4) is 0 Å². The van der Waals surface area contributed by atoms with E-state index in [1.54, 1.807) is 4.90 Å². The monoisotopic (exact) mass is 243 g/mol. The number of aliphatic carboxylic acids is 1. The summed E-state index contributed by atoms with van der Waals surface area (Å²) in [6.45, 7) is 3.20. The van der Waals surface area contributed by atoms with E-state index in [1.165, 1.54) is 11.9 Å². The van der Waals surface area contributed by atoms with Gasteiger partial charge in [-0.3, -0.25) is 4.79 Å². The molecule has 0 aromatic carbocycles. The van der Waals surface area contributed by atoms with E-state index < -0.39 is 5.97 Å². The Morgan fingerprint density at radius 1 is 1.29 bits per heavy atom. The molecule has 1 rings (SSSR count). The molecule has 1 fully saturated rings. The zero-order valence-corrected chi connectivity index (χ0v) is 10.9. The van der Waals surface area contributed by atoms with Crippen molar-refractivity contribution in [3.63, 3.8) is 0 Å². The second-order valence-electron chi connectivity index (χ2n) is 4.95. The number of rotatable bonds is 3. The van der Waals surface area contributed by atoms with Crippen molar-refractivity contribution >= 4 is 12.0 Å². The standard InChI is InChI=1S/C11H21N3O3/c1-8-5-14(6-9(8)12(2)3)11(17)13(4)7-10(15)16/h8-9H,5-7H2,1-4H3,(H,15,16). The first-order valence-corrected chi connectivity index (χ1v) is 5.71. The van der Waals surface area contributed by atoms with Crippen molar-refractivity contribution in [3.05, 3.63) is 0 Å². The molecule has 0 radical (unpaired) electrons. The number of carboxylic acids is 1. The summed E-state index contributed by atoms with van der Waals surface area (Å²) >= 11 is 0. The maximum Gasteiger partial charge on any atom is 0.323 e. The third-order valence-corrected chi connectivity index (χ3v) is 3.21. The van der Waals surface area contributed by atoms with Crippen molar-refractivity contribution in [3.8, 4) is 0 Å². The first-order chi connectivity index (χ1) is 7.82. The lowest BCUT2D eigenvalue weighted by molar-refractivity contribution is -0.137. The summed E-state index contributed by atoms with van der Waals surface area (Å²) in [6.07, 6.45) is 0. The van der Waals surface area contributed by atoms with E-state index in [-0.39, 0.29) is 12.6 Å². The number of likely N-dealkylation sites (N-methyl/N-ethyl adjacent to an activating group) is 2. The highest BCUT2D eigenvalue weighted by Crippen LogP contribution is 2.20. The normalized spacial score (nSPS) is 24.2. The van der Waals surface area contributed by atoms with Crippen molar-refractivity contribution in [1.82, 2.24) is 14.7 Å². The summed E-state index contributed by atoms with van der Waals surface area (Å²) in [5.41, 5.74) is 0. The largest absolute Gasteiger partial charge is 0.480 e. The first-order valence-electron chi connectivity index (χ1n) is 5.71. The van der Waals surface area contributed by atoms with Crippen LogP contribution in [0, 0.1) is 5.92 Å². The molecule has 6 heteroatoms. The average Bonchev–Trinajstić information content (AvgIpc) is 2.58. The third kappa shape index (κ3) is 3.33. The van der Waals surface area contributed by atoms with Crippen LogP contribution in [0.5, 0.6) is 0 Å². The minimum atomic E-state index is -0.989. The van der Waals surface area contributed by atoms with Crippen LogP contribution in [-0.2, 0) is 4.79 Å². The van der Waals surface area contributed by atoms with Gasteiger partial charge in [-0.05, 0) is 20.0 Å². The smallest absolute Gasteiger partial charge is 0.323 e. The fraction of sp³-hybridized carbons (Fsp3) is 0.818. The van der Waals surface area contributed by atoms with Crippen LogP contribution < -0.4 is 0 Å². The molecule has 1 aliphatic heterocycles. The van der Waals surface area contributed by atoms with E-state index in [2.05, 4.69) is 11.8 Å². The molecule has 0 aliphatic carbocycles. The Bertz CT molecular complexity index is 306. The van der Waals surface area contributed by atoms with Gasteiger partial charge in [0, 0.05) is 26.2 Å². The van der Waals surface area contributed by atoms with Crippen LogP contribution in [-0.4, -0.2) is 78.6 Å². The number of likely N-dealkylation sites (tertiary alicyclic amines) is 1. The molecule has 0 saturated carbocycles. The molecule has 17 heavy (non-hydrogen) atoms. The quantitative estimate of drug-likeness (QED) is 0.758. The van der Waals surface area contributed by atoms with Crippen molar-refractivity contribution in [2.75, 3.05) is 40.8 Å². The van der Waals surface area contributed by atoms with Gasteiger partial charge in [-0.25, -0.2) is 4.79 Å². The molecule has 1 heterocycles.